The van der Waals surface area contributed by atoms with Crippen LogP contribution in [0.3, 0.4) is 0 Å². The topological polar surface area (TPSA) is 100 Å². The molecule has 1 atom stereocenters. The van der Waals surface area contributed by atoms with Crippen molar-refractivity contribution in [1.82, 2.24) is 24.8 Å². The summed E-state index contributed by atoms with van der Waals surface area (Å²) in [6.45, 7) is 7.38. The normalized spacial score (nSPS) is 16.4. The number of carbonyl (C=O) groups is 1. The number of pyridine rings is 1. The molecule has 3 heterocycles. The van der Waals surface area contributed by atoms with E-state index in [1.54, 1.807) is 11.0 Å². The Hall–Kier alpha value is -1.90. The number of aromatic nitrogens is 3. The monoisotopic (exact) mass is 445 g/mol. The molecule has 2 aromatic rings. The molecule has 3 rings (SSSR count). The number of hydrogen-bond donors (Lipinski definition) is 2. The van der Waals surface area contributed by atoms with Gasteiger partial charge in [-0.25, -0.2) is 9.78 Å². The molecule has 2 N–H and O–H groups in total. The molecule has 0 radical (unpaired) electrons. The number of piperidine rings is 1. The minimum absolute atomic E-state index is 0. The quantitative estimate of drug-likeness (QED) is 0.748. The van der Waals surface area contributed by atoms with Crippen molar-refractivity contribution in [1.29, 1.82) is 0 Å². The van der Waals surface area contributed by atoms with Crippen LogP contribution in [0, 0.1) is 0 Å². The summed E-state index contributed by atoms with van der Waals surface area (Å²) in [6.07, 6.45) is 1.93. The summed E-state index contributed by atoms with van der Waals surface area (Å²) in [6, 6.07) is 1.95. The van der Waals surface area contributed by atoms with Crippen molar-refractivity contribution >= 4 is 41.8 Å². The number of fused-ring (bicyclic) bond motifs is 1. The molecule has 1 aliphatic heterocycles. The largest absolute Gasteiger partial charge is 0.337 e. The Bertz CT molecular complexity index is 986. The zero-order chi connectivity index (χ0) is 19.7. The van der Waals surface area contributed by atoms with Crippen molar-refractivity contribution in [3.63, 3.8) is 0 Å². The summed E-state index contributed by atoms with van der Waals surface area (Å²) in [5, 5.41) is 3.42. The van der Waals surface area contributed by atoms with Crippen LogP contribution in [0.2, 0.25) is 0 Å². The lowest BCUT2D eigenvalue weighted by molar-refractivity contribution is 0.0700. The van der Waals surface area contributed by atoms with E-state index in [1.165, 1.54) is 4.57 Å². The van der Waals surface area contributed by atoms with Gasteiger partial charge < -0.3 is 10.2 Å². The average Bonchev–Trinajstić information content (AvgIpc) is 2.66. The molecule has 1 amide bonds. The molecular weight excluding hydrogens is 417 g/mol. The zero-order valence-electron chi connectivity index (χ0n) is 17.2. The molecular formula is C19H29Cl2N5O3. The number of hydrogen-bond acceptors (Lipinski definition) is 5. The van der Waals surface area contributed by atoms with Crippen LogP contribution in [0.1, 0.15) is 55.6 Å². The number of nitrogens with zero attached hydrogens (tertiary/aromatic N) is 3. The van der Waals surface area contributed by atoms with Gasteiger partial charge in [0.25, 0.3) is 11.5 Å². The maximum absolute atomic E-state index is 13.3. The Kier molecular flexibility index (Phi) is 8.86. The number of amides is 1. The van der Waals surface area contributed by atoms with Gasteiger partial charge in [-0.15, -0.1) is 24.8 Å². The van der Waals surface area contributed by atoms with Gasteiger partial charge in [0.15, 0.2) is 5.65 Å². The first-order valence-electron chi connectivity index (χ1n) is 9.51. The average molecular weight is 446 g/mol. The second-order valence-electron chi connectivity index (χ2n) is 7.33. The minimum atomic E-state index is -0.562. The number of likely N-dealkylation sites (N-methyl/N-ethyl adjacent to an activating group) is 1. The first-order valence-corrected chi connectivity index (χ1v) is 9.51. The minimum Gasteiger partial charge on any atom is -0.337 e. The molecule has 8 nitrogen and oxygen atoms in total. The van der Waals surface area contributed by atoms with Crippen molar-refractivity contribution in [2.24, 2.45) is 0 Å². The molecule has 0 saturated carbocycles. The molecule has 1 unspecified atom stereocenters. The fourth-order valence-corrected chi connectivity index (χ4v) is 3.62. The van der Waals surface area contributed by atoms with Gasteiger partial charge in [-0.1, -0.05) is 13.8 Å². The predicted octanol–water partition coefficient (Wildman–Crippen LogP) is 1.90. The summed E-state index contributed by atoms with van der Waals surface area (Å²) < 4.78 is 1.41. The summed E-state index contributed by atoms with van der Waals surface area (Å²) >= 11 is 0. The van der Waals surface area contributed by atoms with Crippen LogP contribution in [0.5, 0.6) is 0 Å². The summed E-state index contributed by atoms with van der Waals surface area (Å²) in [5.74, 6) is -0.122. The van der Waals surface area contributed by atoms with Crippen LogP contribution >= 0.6 is 24.8 Å². The molecule has 29 heavy (non-hydrogen) atoms. The van der Waals surface area contributed by atoms with Gasteiger partial charge >= 0.3 is 5.69 Å². The van der Waals surface area contributed by atoms with Crippen LogP contribution in [-0.2, 0) is 6.54 Å². The number of aromatic amines is 1. The van der Waals surface area contributed by atoms with E-state index in [0.717, 1.165) is 12.8 Å². The summed E-state index contributed by atoms with van der Waals surface area (Å²) in [7, 11) is 1.89. The Morgan fingerprint density at radius 3 is 2.62 bits per heavy atom. The van der Waals surface area contributed by atoms with E-state index in [1.807, 2.05) is 27.8 Å². The summed E-state index contributed by atoms with van der Waals surface area (Å²) in [4.78, 5) is 46.8. The number of rotatable bonds is 4. The van der Waals surface area contributed by atoms with Crippen LogP contribution in [0.4, 0.5) is 0 Å². The first kappa shape index (κ1) is 25.1. The molecule has 0 bridgehead atoms. The Morgan fingerprint density at radius 2 is 2.03 bits per heavy atom. The molecule has 2 aromatic heterocycles. The number of likely N-dealkylation sites (tertiary alicyclic amines) is 1. The maximum Gasteiger partial charge on any atom is 0.329 e. The highest BCUT2D eigenvalue weighted by Gasteiger charge is 2.27. The molecule has 0 spiro atoms. The number of nitrogens with one attached hydrogen (secondary N) is 2. The van der Waals surface area contributed by atoms with Crippen LogP contribution < -0.4 is 16.6 Å². The fourth-order valence-electron chi connectivity index (χ4n) is 3.62. The van der Waals surface area contributed by atoms with Gasteiger partial charge in [-0.05, 0) is 38.8 Å². The summed E-state index contributed by atoms with van der Waals surface area (Å²) in [5.41, 5.74) is 0.232. The molecule has 162 valence electrons. The van der Waals surface area contributed by atoms with Crippen LogP contribution in [-0.4, -0.2) is 51.5 Å². The smallest absolute Gasteiger partial charge is 0.329 e. The van der Waals surface area contributed by atoms with Gasteiger partial charge in [0.05, 0.1) is 10.9 Å². The van der Waals surface area contributed by atoms with Crippen molar-refractivity contribution in [3.05, 3.63) is 38.2 Å². The van der Waals surface area contributed by atoms with E-state index in [2.05, 4.69) is 15.3 Å². The van der Waals surface area contributed by atoms with Gasteiger partial charge in [0, 0.05) is 31.4 Å². The van der Waals surface area contributed by atoms with E-state index in [4.69, 9.17) is 0 Å². The standard InChI is InChI=1S/C19H27N5O3.2ClH/c1-5-24-16-15(17(25)22-19(24)27)13(9-14(21-16)11(2)3)18(26)23-8-6-7-12(10-23)20-4;;/h9,11-12,20H,5-8,10H2,1-4H3,(H,22,25,27);2*1H. The lowest BCUT2D eigenvalue weighted by atomic mass is 10.0. The van der Waals surface area contributed by atoms with Gasteiger partial charge in [-0.2, -0.15) is 0 Å². The van der Waals surface area contributed by atoms with Crippen molar-refractivity contribution in [3.8, 4) is 0 Å². The first-order chi connectivity index (χ1) is 12.9. The highest BCUT2D eigenvalue weighted by atomic mass is 35.5. The highest BCUT2D eigenvalue weighted by Crippen LogP contribution is 2.22. The maximum atomic E-state index is 13.3. The van der Waals surface area contributed by atoms with E-state index >= 15 is 0 Å². The lowest BCUT2D eigenvalue weighted by Crippen LogP contribution is -2.47. The fraction of sp³-hybridized carbons (Fsp3) is 0.579. The van der Waals surface area contributed by atoms with E-state index in [-0.39, 0.29) is 53.7 Å². The number of halogens is 2. The lowest BCUT2D eigenvalue weighted by Gasteiger charge is -2.33. The van der Waals surface area contributed by atoms with Gasteiger partial charge in [0.2, 0.25) is 0 Å². The van der Waals surface area contributed by atoms with Crippen molar-refractivity contribution in [2.75, 3.05) is 20.1 Å². The second kappa shape index (κ2) is 10.2. The molecule has 1 fully saturated rings. The van der Waals surface area contributed by atoms with E-state index in [0.29, 0.717) is 30.9 Å². The van der Waals surface area contributed by atoms with Gasteiger partial charge in [0.1, 0.15) is 0 Å². The molecule has 0 aromatic carbocycles. The molecule has 10 heteroatoms. The number of carbonyl (C=O) groups excluding carboxylic acids is 1. The SMILES string of the molecule is CCn1c(=O)[nH]c(=O)c2c(C(=O)N3CCCC(NC)C3)cc(C(C)C)nc21.Cl.Cl. The molecule has 0 aliphatic carbocycles. The predicted molar refractivity (Wildman–Crippen MR) is 119 cm³/mol. The van der Waals surface area contributed by atoms with Crippen LogP contribution in [0.25, 0.3) is 11.0 Å². The zero-order valence-corrected chi connectivity index (χ0v) is 18.8. The Labute approximate surface area is 181 Å². The second-order valence-corrected chi connectivity index (χ2v) is 7.33. The van der Waals surface area contributed by atoms with Crippen LogP contribution in [0.15, 0.2) is 15.7 Å². The van der Waals surface area contributed by atoms with Gasteiger partial charge in [-0.3, -0.25) is 19.1 Å². The molecule has 1 saturated heterocycles. The van der Waals surface area contributed by atoms with E-state index in [9.17, 15) is 14.4 Å². The third kappa shape index (κ3) is 4.82. The third-order valence-corrected chi connectivity index (χ3v) is 5.22. The highest BCUT2D eigenvalue weighted by molar-refractivity contribution is 6.05. The Morgan fingerprint density at radius 1 is 1.34 bits per heavy atom. The third-order valence-electron chi connectivity index (χ3n) is 5.22. The van der Waals surface area contributed by atoms with E-state index < -0.39 is 11.2 Å². The number of H-pyrrole nitrogens is 1. The number of aryl methyl sites for hydroxylation is 1. The molecule has 1 aliphatic rings. The van der Waals surface area contributed by atoms with Crippen molar-refractivity contribution < 1.29 is 4.79 Å². The van der Waals surface area contributed by atoms with Crippen molar-refractivity contribution in [2.45, 2.75) is 52.1 Å². The Balaban J connectivity index is 0.00000210.